The second-order valence-electron chi connectivity index (χ2n) is 7.77. The molecule has 2 aromatic heterocycles. The molecule has 0 N–H and O–H groups in total. The van der Waals surface area contributed by atoms with E-state index < -0.39 is 17.8 Å². The Morgan fingerprint density at radius 3 is 2.34 bits per heavy atom. The van der Waals surface area contributed by atoms with Gasteiger partial charge < -0.3 is 4.90 Å². The van der Waals surface area contributed by atoms with E-state index in [2.05, 4.69) is 15.1 Å². The van der Waals surface area contributed by atoms with Gasteiger partial charge in [0.25, 0.3) is 0 Å². The van der Waals surface area contributed by atoms with E-state index in [1.54, 1.807) is 23.4 Å². The van der Waals surface area contributed by atoms with Gasteiger partial charge >= 0.3 is 6.18 Å². The van der Waals surface area contributed by atoms with Crippen LogP contribution in [0.4, 0.5) is 13.2 Å². The number of piperazine rings is 1. The van der Waals surface area contributed by atoms with Gasteiger partial charge in [-0.1, -0.05) is 6.92 Å². The minimum absolute atomic E-state index is 0.0503. The average molecular weight is 412 g/mol. The van der Waals surface area contributed by atoms with Gasteiger partial charge in [-0.05, 0) is 19.9 Å². The summed E-state index contributed by atoms with van der Waals surface area (Å²) in [5.41, 5.74) is 1.66. The van der Waals surface area contributed by atoms with Gasteiger partial charge in [-0.2, -0.15) is 23.4 Å². The molecule has 1 amide bonds. The SMILES string of the molecule is Cc1nn(C)cc1CN1CCN(C(=O)C(C)Cn2nc(C(F)(F)F)cc2C)CC1. The monoisotopic (exact) mass is 412 g/mol. The van der Waals surface area contributed by atoms with Gasteiger partial charge in [0.1, 0.15) is 0 Å². The zero-order valence-corrected chi connectivity index (χ0v) is 17.2. The molecule has 0 aliphatic carbocycles. The molecule has 1 fully saturated rings. The fourth-order valence-electron chi connectivity index (χ4n) is 3.65. The van der Waals surface area contributed by atoms with Crippen molar-refractivity contribution in [3.63, 3.8) is 0 Å². The molecule has 1 saturated heterocycles. The Balaban J connectivity index is 1.54. The first kappa shape index (κ1) is 21.4. The molecule has 0 bridgehead atoms. The van der Waals surface area contributed by atoms with Gasteiger partial charge in [-0.3, -0.25) is 19.1 Å². The number of hydrogen-bond donors (Lipinski definition) is 0. The highest BCUT2D eigenvalue weighted by Gasteiger charge is 2.35. The molecule has 10 heteroatoms. The third-order valence-electron chi connectivity index (χ3n) is 5.33. The maximum absolute atomic E-state index is 12.8. The van der Waals surface area contributed by atoms with Crippen LogP contribution >= 0.6 is 0 Å². The second-order valence-corrected chi connectivity index (χ2v) is 7.77. The summed E-state index contributed by atoms with van der Waals surface area (Å²) in [5, 5.41) is 7.98. The van der Waals surface area contributed by atoms with E-state index in [4.69, 9.17) is 0 Å². The number of amides is 1. The fraction of sp³-hybridized carbons (Fsp3) is 0.632. The molecule has 0 saturated carbocycles. The van der Waals surface area contributed by atoms with Gasteiger partial charge in [0, 0.05) is 57.2 Å². The largest absolute Gasteiger partial charge is 0.435 e. The molecule has 0 aromatic carbocycles. The van der Waals surface area contributed by atoms with Crippen LogP contribution in [0.25, 0.3) is 0 Å². The van der Waals surface area contributed by atoms with Crippen molar-refractivity contribution in [1.29, 1.82) is 0 Å². The molecule has 7 nitrogen and oxygen atoms in total. The van der Waals surface area contributed by atoms with E-state index in [1.165, 1.54) is 10.2 Å². The van der Waals surface area contributed by atoms with Crippen molar-refractivity contribution >= 4 is 5.91 Å². The van der Waals surface area contributed by atoms with Crippen LogP contribution in [0, 0.1) is 19.8 Å². The van der Waals surface area contributed by atoms with E-state index >= 15 is 0 Å². The maximum atomic E-state index is 12.8. The van der Waals surface area contributed by atoms with Gasteiger partial charge in [-0.25, -0.2) is 0 Å². The minimum atomic E-state index is -4.48. The zero-order valence-electron chi connectivity index (χ0n) is 17.2. The molecule has 1 unspecified atom stereocenters. The number of aromatic nitrogens is 4. The highest BCUT2D eigenvalue weighted by molar-refractivity contribution is 5.78. The third kappa shape index (κ3) is 4.98. The first-order valence-corrected chi connectivity index (χ1v) is 9.66. The van der Waals surface area contributed by atoms with E-state index in [-0.39, 0.29) is 12.5 Å². The molecule has 3 heterocycles. The Morgan fingerprint density at radius 1 is 1.17 bits per heavy atom. The molecular weight excluding hydrogens is 385 g/mol. The quantitative estimate of drug-likeness (QED) is 0.756. The molecule has 29 heavy (non-hydrogen) atoms. The number of rotatable bonds is 5. The van der Waals surface area contributed by atoms with Gasteiger partial charge in [0.05, 0.1) is 18.2 Å². The lowest BCUT2D eigenvalue weighted by Crippen LogP contribution is -2.50. The highest BCUT2D eigenvalue weighted by Crippen LogP contribution is 2.28. The molecule has 1 atom stereocenters. The standard InChI is InChI=1S/C19H27F3N6O/c1-13(10-28-14(2)9-17(24-28)19(20,21)22)18(29)27-7-5-26(6-8-27)12-16-11-25(4)23-15(16)3/h9,11,13H,5-8,10,12H2,1-4H3. The number of nitrogens with zero attached hydrogens (tertiary/aromatic N) is 6. The van der Waals surface area contributed by atoms with Crippen LogP contribution in [0.15, 0.2) is 12.3 Å². The Bertz CT molecular complexity index is 864. The van der Waals surface area contributed by atoms with Crippen LogP contribution in [-0.4, -0.2) is 61.4 Å². The second kappa shape index (κ2) is 8.17. The Kier molecular flexibility index (Phi) is 6.02. The molecule has 1 aliphatic rings. The zero-order chi connectivity index (χ0) is 21.3. The topological polar surface area (TPSA) is 59.2 Å². The third-order valence-corrected chi connectivity index (χ3v) is 5.33. The summed E-state index contributed by atoms with van der Waals surface area (Å²) < 4.78 is 41.5. The smallest absolute Gasteiger partial charge is 0.340 e. The summed E-state index contributed by atoms with van der Waals surface area (Å²) in [7, 11) is 1.90. The van der Waals surface area contributed by atoms with Crippen LogP contribution in [0.5, 0.6) is 0 Å². The number of aryl methyl sites for hydroxylation is 3. The summed E-state index contributed by atoms with van der Waals surface area (Å²) in [4.78, 5) is 16.8. The van der Waals surface area contributed by atoms with Crippen molar-refractivity contribution in [1.82, 2.24) is 29.4 Å². The number of halogens is 3. The summed E-state index contributed by atoms with van der Waals surface area (Å²) in [6, 6.07) is 1.01. The van der Waals surface area contributed by atoms with Gasteiger partial charge in [0.2, 0.25) is 5.91 Å². The number of carbonyl (C=O) groups excluding carboxylic acids is 1. The van der Waals surface area contributed by atoms with Crippen LogP contribution in [0.3, 0.4) is 0 Å². The van der Waals surface area contributed by atoms with Crippen LogP contribution < -0.4 is 0 Å². The van der Waals surface area contributed by atoms with Crippen molar-refractivity contribution in [3.8, 4) is 0 Å². The van der Waals surface area contributed by atoms with Crippen molar-refractivity contribution in [2.45, 2.75) is 40.0 Å². The van der Waals surface area contributed by atoms with E-state index in [1.807, 2.05) is 20.2 Å². The summed E-state index contributed by atoms with van der Waals surface area (Å²) in [5.74, 6) is -0.493. The Hall–Kier alpha value is -2.36. The predicted molar refractivity (Wildman–Crippen MR) is 101 cm³/mol. The lowest BCUT2D eigenvalue weighted by Gasteiger charge is -2.36. The number of hydrogen-bond acceptors (Lipinski definition) is 4. The summed E-state index contributed by atoms with van der Waals surface area (Å²) in [6.07, 6.45) is -2.47. The molecule has 1 aliphatic heterocycles. The highest BCUT2D eigenvalue weighted by atomic mass is 19.4. The number of carbonyl (C=O) groups is 1. The molecule has 0 spiro atoms. The molecule has 3 rings (SSSR count). The van der Waals surface area contributed by atoms with Crippen molar-refractivity contribution < 1.29 is 18.0 Å². The first-order valence-electron chi connectivity index (χ1n) is 9.66. The van der Waals surface area contributed by atoms with E-state index in [0.717, 1.165) is 31.4 Å². The van der Waals surface area contributed by atoms with Crippen LogP contribution in [0.2, 0.25) is 0 Å². The lowest BCUT2D eigenvalue weighted by atomic mass is 10.1. The minimum Gasteiger partial charge on any atom is -0.340 e. The fourth-order valence-corrected chi connectivity index (χ4v) is 3.65. The Morgan fingerprint density at radius 2 is 1.83 bits per heavy atom. The maximum Gasteiger partial charge on any atom is 0.435 e. The molecule has 0 radical (unpaired) electrons. The predicted octanol–water partition coefficient (Wildman–Crippen LogP) is 2.23. The molecular formula is C19H27F3N6O. The lowest BCUT2D eigenvalue weighted by molar-refractivity contribution is -0.141. The van der Waals surface area contributed by atoms with E-state index in [9.17, 15) is 18.0 Å². The molecule has 2 aromatic rings. The van der Waals surface area contributed by atoms with Crippen LogP contribution in [0.1, 0.15) is 29.6 Å². The van der Waals surface area contributed by atoms with Crippen molar-refractivity contribution in [3.05, 3.63) is 34.9 Å². The van der Waals surface area contributed by atoms with Gasteiger partial charge in [0.15, 0.2) is 5.69 Å². The Labute approximate surface area is 168 Å². The normalized spacial score (nSPS) is 17.0. The average Bonchev–Trinajstić information content (AvgIpc) is 3.16. The van der Waals surface area contributed by atoms with Crippen molar-refractivity contribution in [2.24, 2.45) is 13.0 Å². The molecule has 160 valence electrons. The van der Waals surface area contributed by atoms with Gasteiger partial charge in [-0.15, -0.1) is 0 Å². The summed E-state index contributed by atoms with van der Waals surface area (Å²) in [6.45, 7) is 8.94. The summed E-state index contributed by atoms with van der Waals surface area (Å²) >= 11 is 0. The van der Waals surface area contributed by atoms with Crippen molar-refractivity contribution in [2.75, 3.05) is 26.2 Å². The van der Waals surface area contributed by atoms with Crippen LogP contribution in [-0.2, 0) is 31.1 Å². The first-order chi connectivity index (χ1) is 13.5. The van der Waals surface area contributed by atoms with E-state index in [0.29, 0.717) is 18.8 Å². The number of alkyl halides is 3.